The van der Waals surface area contributed by atoms with E-state index in [2.05, 4.69) is 5.32 Å². The van der Waals surface area contributed by atoms with Crippen molar-refractivity contribution in [3.8, 4) is 0 Å². The van der Waals surface area contributed by atoms with Crippen molar-refractivity contribution in [2.24, 2.45) is 5.92 Å². The number of ether oxygens (including phenoxy) is 2. The maximum absolute atomic E-state index is 11.3. The summed E-state index contributed by atoms with van der Waals surface area (Å²) in [6.45, 7) is 5.87. The van der Waals surface area contributed by atoms with Crippen molar-refractivity contribution in [2.45, 2.75) is 45.6 Å². The van der Waals surface area contributed by atoms with Gasteiger partial charge in [0.25, 0.3) is 0 Å². The number of rotatable bonds is 4. The third kappa shape index (κ3) is 5.56. The lowest BCUT2D eigenvalue weighted by molar-refractivity contribution is -0.151. The van der Waals surface area contributed by atoms with Gasteiger partial charge in [0.05, 0.1) is 12.5 Å². The van der Waals surface area contributed by atoms with E-state index in [0.29, 0.717) is 0 Å². The van der Waals surface area contributed by atoms with Gasteiger partial charge in [-0.3, -0.25) is 4.79 Å². The summed E-state index contributed by atoms with van der Waals surface area (Å²) in [5.74, 6) is -0.0706. The summed E-state index contributed by atoms with van der Waals surface area (Å²) >= 11 is 0. The standard InChI is InChI=1S/C12H21NO4/c1-12(2,3)17-11(15)13-7-8-16-10(14)9-5-4-6-9/h9H,4-8H2,1-3H3,(H,13,15). The third-order valence-corrected chi connectivity index (χ3v) is 2.45. The minimum Gasteiger partial charge on any atom is -0.464 e. The van der Waals surface area contributed by atoms with Gasteiger partial charge in [0, 0.05) is 0 Å². The van der Waals surface area contributed by atoms with Gasteiger partial charge in [-0.05, 0) is 33.6 Å². The SMILES string of the molecule is CC(C)(C)OC(=O)NCCOC(=O)C1CCC1. The predicted octanol–water partition coefficient (Wildman–Crippen LogP) is 1.85. The highest BCUT2D eigenvalue weighted by atomic mass is 16.6. The Bertz CT molecular complexity index is 279. The third-order valence-electron chi connectivity index (χ3n) is 2.45. The van der Waals surface area contributed by atoms with Crippen LogP contribution in [0.25, 0.3) is 0 Å². The molecule has 17 heavy (non-hydrogen) atoms. The molecule has 1 amide bonds. The Morgan fingerprint density at radius 2 is 1.94 bits per heavy atom. The van der Waals surface area contributed by atoms with E-state index in [1.807, 2.05) is 0 Å². The van der Waals surface area contributed by atoms with Crippen LogP contribution in [0.15, 0.2) is 0 Å². The van der Waals surface area contributed by atoms with Crippen LogP contribution in [0, 0.1) is 5.92 Å². The van der Waals surface area contributed by atoms with E-state index in [1.165, 1.54) is 0 Å². The first kappa shape index (κ1) is 13.8. The second-order valence-corrected chi connectivity index (χ2v) is 5.22. The average molecular weight is 243 g/mol. The number of amides is 1. The van der Waals surface area contributed by atoms with E-state index in [1.54, 1.807) is 20.8 Å². The summed E-state index contributed by atoms with van der Waals surface area (Å²) < 4.78 is 10.1. The van der Waals surface area contributed by atoms with Gasteiger partial charge < -0.3 is 14.8 Å². The van der Waals surface area contributed by atoms with Crippen LogP contribution < -0.4 is 5.32 Å². The number of carbonyl (C=O) groups excluding carboxylic acids is 2. The van der Waals surface area contributed by atoms with E-state index in [9.17, 15) is 9.59 Å². The molecule has 0 aromatic carbocycles. The second kappa shape index (κ2) is 5.89. The Balaban J connectivity index is 2.03. The smallest absolute Gasteiger partial charge is 0.407 e. The van der Waals surface area contributed by atoms with E-state index >= 15 is 0 Å². The van der Waals surface area contributed by atoms with Crippen LogP contribution in [0.5, 0.6) is 0 Å². The average Bonchev–Trinajstić information content (AvgIpc) is 2.06. The lowest BCUT2D eigenvalue weighted by atomic mass is 9.86. The first-order valence-electron chi connectivity index (χ1n) is 6.02. The molecule has 1 rings (SSSR count). The summed E-state index contributed by atoms with van der Waals surface area (Å²) in [6, 6.07) is 0. The highest BCUT2D eigenvalue weighted by molar-refractivity contribution is 5.73. The predicted molar refractivity (Wildman–Crippen MR) is 62.5 cm³/mol. The van der Waals surface area contributed by atoms with Crippen molar-refractivity contribution >= 4 is 12.1 Å². The summed E-state index contributed by atoms with van der Waals surface area (Å²) in [4.78, 5) is 22.6. The fourth-order valence-electron chi connectivity index (χ4n) is 1.38. The molecule has 0 heterocycles. The quantitative estimate of drug-likeness (QED) is 0.604. The maximum atomic E-state index is 11.3. The zero-order valence-corrected chi connectivity index (χ0v) is 10.7. The van der Waals surface area contributed by atoms with Gasteiger partial charge in [0.1, 0.15) is 12.2 Å². The van der Waals surface area contributed by atoms with Crippen LogP contribution in [-0.2, 0) is 14.3 Å². The molecular formula is C12H21NO4. The summed E-state index contributed by atoms with van der Waals surface area (Å²) in [5, 5.41) is 2.53. The van der Waals surface area contributed by atoms with Crippen LogP contribution in [0.1, 0.15) is 40.0 Å². The molecule has 0 saturated heterocycles. The van der Waals surface area contributed by atoms with E-state index in [0.717, 1.165) is 19.3 Å². The van der Waals surface area contributed by atoms with Crippen molar-refractivity contribution < 1.29 is 19.1 Å². The van der Waals surface area contributed by atoms with Crippen molar-refractivity contribution in [3.63, 3.8) is 0 Å². The number of carbonyl (C=O) groups is 2. The Morgan fingerprint density at radius 3 is 2.41 bits per heavy atom. The molecule has 0 aromatic rings. The topological polar surface area (TPSA) is 64.6 Å². The largest absolute Gasteiger partial charge is 0.464 e. The fourth-order valence-corrected chi connectivity index (χ4v) is 1.38. The first-order chi connectivity index (χ1) is 7.88. The lowest BCUT2D eigenvalue weighted by Crippen LogP contribution is -2.35. The zero-order chi connectivity index (χ0) is 12.9. The number of hydrogen-bond acceptors (Lipinski definition) is 4. The highest BCUT2D eigenvalue weighted by Gasteiger charge is 2.26. The molecule has 0 bridgehead atoms. The highest BCUT2D eigenvalue weighted by Crippen LogP contribution is 2.27. The van der Waals surface area contributed by atoms with Crippen molar-refractivity contribution in [1.82, 2.24) is 5.32 Å². The Labute approximate surface area is 102 Å². The Kier molecular flexibility index (Phi) is 4.78. The lowest BCUT2D eigenvalue weighted by Gasteiger charge is -2.23. The van der Waals surface area contributed by atoms with Crippen molar-refractivity contribution in [2.75, 3.05) is 13.2 Å². The monoisotopic (exact) mass is 243 g/mol. The van der Waals surface area contributed by atoms with Gasteiger partial charge in [-0.25, -0.2) is 4.79 Å². The molecule has 1 aliphatic rings. The van der Waals surface area contributed by atoms with Gasteiger partial charge in [-0.1, -0.05) is 6.42 Å². The van der Waals surface area contributed by atoms with Crippen LogP contribution >= 0.6 is 0 Å². The molecule has 1 fully saturated rings. The minimum absolute atomic E-state index is 0.0801. The van der Waals surface area contributed by atoms with Crippen LogP contribution in [0.3, 0.4) is 0 Å². The Morgan fingerprint density at radius 1 is 1.29 bits per heavy atom. The number of hydrogen-bond donors (Lipinski definition) is 1. The van der Waals surface area contributed by atoms with Gasteiger partial charge >= 0.3 is 12.1 Å². The van der Waals surface area contributed by atoms with E-state index < -0.39 is 11.7 Å². The molecule has 1 aliphatic carbocycles. The number of nitrogens with one attached hydrogen (secondary N) is 1. The molecule has 0 spiro atoms. The molecule has 5 nitrogen and oxygen atoms in total. The van der Waals surface area contributed by atoms with Gasteiger partial charge in [-0.2, -0.15) is 0 Å². The van der Waals surface area contributed by atoms with E-state index in [4.69, 9.17) is 9.47 Å². The van der Waals surface area contributed by atoms with E-state index in [-0.39, 0.29) is 25.0 Å². The van der Waals surface area contributed by atoms with Gasteiger partial charge in [-0.15, -0.1) is 0 Å². The zero-order valence-electron chi connectivity index (χ0n) is 10.7. The number of alkyl carbamates (subject to hydrolysis) is 1. The first-order valence-corrected chi connectivity index (χ1v) is 6.02. The molecule has 1 saturated carbocycles. The minimum atomic E-state index is -0.507. The van der Waals surface area contributed by atoms with Crippen LogP contribution in [0.4, 0.5) is 4.79 Å². The van der Waals surface area contributed by atoms with Crippen molar-refractivity contribution in [1.29, 1.82) is 0 Å². The maximum Gasteiger partial charge on any atom is 0.407 e. The molecule has 0 aromatic heterocycles. The second-order valence-electron chi connectivity index (χ2n) is 5.22. The number of esters is 1. The Hall–Kier alpha value is -1.26. The molecular weight excluding hydrogens is 222 g/mol. The molecule has 98 valence electrons. The van der Waals surface area contributed by atoms with Gasteiger partial charge in [0.2, 0.25) is 0 Å². The molecule has 0 unspecified atom stereocenters. The van der Waals surface area contributed by atoms with Crippen molar-refractivity contribution in [3.05, 3.63) is 0 Å². The van der Waals surface area contributed by atoms with Crippen LogP contribution in [-0.4, -0.2) is 30.8 Å². The fraction of sp³-hybridized carbons (Fsp3) is 0.833. The van der Waals surface area contributed by atoms with Crippen LogP contribution in [0.2, 0.25) is 0 Å². The molecule has 0 atom stereocenters. The van der Waals surface area contributed by atoms with Gasteiger partial charge in [0.15, 0.2) is 0 Å². The molecule has 1 N–H and O–H groups in total. The summed E-state index contributed by atoms with van der Waals surface area (Å²) in [5.41, 5.74) is -0.507. The molecule has 5 heteroatoms. The molecule has 0 radical (unpaired) electrons. The summed E-state index contributed by atoms with van der Waals surface area (Å²) in [6.07, 6.45) is 2.48. The normalized spacial score (nSPS) is 15.9. The molecule has 0 aliphatic heterocycles. The summed E-state index contributed by atoms with van der Waals surface area (Å²) in [7, 11) is 0.